The van der Waals surface area contributed by atoms with Gasteiger partial charge in [-0.25, -0.2) is 0 Å². The first-order valence-corrected chi connectivity index (χ1v) is 7.02. The standard InChI is InChI=1S/C16H16S/c1-12-11-14-9-5-6-10-15(14)17-16(12)13-7-3-2-4-8-13/h2-10,12,16H,11H2,1H3. The Labute approximate surface area is 107 Å². The molecule has 0 fully saturated rings. The first-order chi connectivity index (χ1) is 8.34. The third kappa shape index (κ3) is 2.12. The molecule has 0 N–H and O–H groups in total. The van der Waals surface area contributed by atoms with E-state index in [1.54, 1.807) is 0 Å². The minimum atomic E-state index is 0.603. The highest BCUT2D eigenvalue weighted by Gasteiger charge is 2.26. The molecule has 1 aliphatic heterocycles. The van der Waals surface area contributed by atoms with E-state index >= 15 is 0 Å². The monoisotopic (exact) mass is 240 g/mol. The molecular formula is C16H16S. The van der Waals surface area contributed by atoms with Crippen LogP contribution >= 0.6 is 11.8 Å². The van der Waals surface area contributed by atoms with E-state index in [-0.39, 0.29) is 0 Å². The maximum atomic E-state index is 2.36. The molecule has 0 nitrogen and oxygen atoms in total. The topological polar surface area (TPSA) is 0 Å². The van der Waals surface area contributed by atoms with Crippen LogP contribution in [0.5, 0.6) is 0 Å². The number of hydrogen-bond acceptors (Lipinski definition) is 1. The van der Waals surface area contributed by atoms with Gasteiger partial charge < -0.3 is 0 Å². The Morgan fingerprint density at radius 2 is 1.65 bits per heavy atom. The fourth-order valence-corrected chi connectivity index (χ4v) is 3.89. The van der Waals surface area contributed by atoms with Gasteiger partial charge in [0.05, 0.1) is 0 Å². The summed E-state index contributed by atoms with van der Waals surface area (Å²) in [5.41, 5.74) is 2.97. The first-order valence-electron chi connectivity index (χ1n) is 6.14. The summed E-state index contributed by atoms with van der Waals surface area (Å²) < 4.78 is 0. The van der Waals surface area contributed by atoms with Crippen LogP contribution in [0.15, 0.2) is 59.5 Å². The molecule has 0 saturated heterocycles. The highest BCUT2D eigenvalue weighted by Crippen LogP contribution is 2.47. The molecule has 2 aromatic rings. The molecule has 0 spiro atoms. The summed E-state index contributed by atoms with van der Waals surface area (Å²) in [4.78, 5) is 1.46. The van der Waals surface area contributed by atoms with Crippen LogP contribution in [0.25, 0.3) is 0 Å². The van der Waals surface area contributed by atoms with Crippen LogP contribution in [0.1, 0.15) is 23.3 Å². The van der Waals surface area contributed by atoms with E-state index in [0.717, 1.165) is 0 Å². The molecule has 17 heavy (non-hydrogen) atoms. The lowest BCUT2D eigenvalue weighted by Gasteiger charge is -2.30. The van der Waals surface area contributed by atoms with Gasteiger partial charge in [-0.2, -0.15) is 0 Å². The summed E-state index contributed by atoms with van der Waals surface area (Å²) in [6.07, 6.45) is 1.20. The van der Waals surface area contributed by atoms with Crippen molar-refractivity contribution < 1.29 is 0 Å². The van der Waals surface area contributed by atoms with Crippen molar-refractivity contribution in [3.63, 3.8) is 0 Å². The molecule has 0 aliphatic carbocycles. The van der Waals surface area contributed by atoms with Crippen LogP contribution in [0.4, 0.5) is 0 Å². The Bertz CT molecular complexity index is 504. The van der Waals surface area contributed by atoms with Crippen molar-refractivity contribution in [3.05, 3.63) is 65.7 Å². The van der Waals surface area contributed by atoms with Crippen molar-refractivity contribution in [1.82, 2.24) is 0 Å². The maximum absolute atomic E-state index is 2.36. The molecule has 2 aromatic carbocycles. The molecule has 1 heterocycles. The summed E-state index contributed by atoms with van der Waals surface area (Å²) in [6.45, 7) is 2.36. The van der Waals surface area contributed by atoms with Crippen molar-refractivity contribution in [2.75, 3.05) is 0 Å². The maximum Gasteiger partial charge on any atom is 0.0373 e. The molecule has 0 amide bonds. The highest BCUT2D eigenvalue weighted by molar-refractivity contribution is 7.99. The van der Waals surface area contributed by atoms with Gasteiger partial charge in [0.1, 0.15) is 0 Å². The van der Waals surface area contributed by atoms with Crippen molar-refractivity contribution in [3.8, 4) is 0 Å². The van der Waals surface area contributed by atoms with Gasteiger partial charge in [0.25, 0.3) is 0 Å². The second kappa shape index (κ2) is 4.58. The van der Waals surface area contributed by atoms with Crippen molar-refractivity contribution in [2.45, 2.75) is 23.5 Å². The third-order valence-electron chi connectivity index (χ3n) is 3.41. The Morgan fingerprint density at radius 3 is 2.47 bits per heavy atom. The molecule has 3 rings (SSSR count). The molecule has 1 aliphatic rings. The van der Waals surface area contributed by atoms with E-state index in [1.165, 1.54) is 22.4 Å². The minimum absolute atomic E-state index is 0.603. The van der Waals surface area contributed by atoms with Crippen molar-refractivity contribution in [1.29, 1.82) is 0 Å². The SMILES string of the molecule is CC1Cc2ccccc2SC1c1ccccc1. The lowest BCUT2D eigenvalue weighted by atomic mass is 9.93. The highest BCUT2D eigenvalue weighted by atomic mass is 32.2. The van der Waals surface area contributed by atoms with Gasteiger partial charge in [0, 0.05) is 10.1 Å². The lowest BCUT2D eigenvalue weighted by Crippen LogP contribution is -2.14. The normalized spacial score (nSPS) is 23.1. The summed E-state index contributed by atoms with van der Waals surface area (Å²) in [6, 6.07) is 19.7. The third-order valence-corrected chi connectivity index (χ3v) is 5.06. The largest absolute Gasteiger partial charge is 0.117 e. The van der Waals surface area contributed by atoms with E-state index in [4.69, 9.17) is 0 Å². The summed E-state index contributed by atoms with van der Waals surface area (Å²) in [5, 5.41) is 0.603. The Kier molecular flexibility index (Phi) is 2.94. The van der Waals surface area contributed by atoms with Gasteiger partial charge in [0.2, 0.25) is 0 Å². The molecular weight excluding hydrogens is 224 g/mol. The lowest BCUT2D eigenvalue weighted by molar-refractivity contribution is 0.549. The van der Waals surface area contributed by atoms with Crippen LogP contribution in [0, 0.1) is 5.92 Å². The molecule has 2 unspecified atom stereocenters. The number of thioether (sulfide) groups is 1. The molecule has 0 aromatic heterocycles. The quantitative estimate of drug-likeness (QED) is 0.695. The average Bonchev–Trinajstić information content (AvgIpc) is 2.39. The first kappa shape index (κ1) is 10.9. The van der Waals surface area contributed by atoms with E-state index < -0.39 is 0 Å². The van der Waals surface area contributed by atoms with E-state index in [1.807, 2.05) is 11.8 Å². The zero-order valence-electron chi connectivity index (χ0n) is 9.97. The van der Waals surface area contributed by atoms with Gasteiger partial charge >= 0.3 is 0 Å². The Hall–Kier alpha value is -1.21. The second-order valence-corrected chi connectivity index (χ2v) is 5.92. The second-order valence-electron chi connectivity index (χ2n) is 4.74. The summed E-state index contributed by atoms with van der Waals surface area (Å²) >= 11 is 2.02. The Morgan fingerprint density at radius 1 is 0.941 bits per heavy atom. The average molecular weight is 240 g/mol. The smallest absolute Gasteiger partial charge is 0.0373 e. The Balaban J connectivity index is 1.95. The number of rotatable bonds is 1. The zero-order chi connectivity index (χ0) is 11.7. The summed E-state index contributed by atoms with van der Waals surface area (Å²) in [5.74, 6) is 0.706. The van der Waals surface area contributed by atoms with Gasteiger partial charge in [-0.1, -0.05) is 55.5 Å². The van der Waals surface area contributed by atoms with Gasteiger partial charge in [0.15, 0.2) is 0 Å². The number of benzene rings is 2. The number of fused-ring (bicyclic) bond motifs is 1. The van der Waals surface area contributed by atoms with E-state index in [0.29, 0.717) is 11.2 Å². The fraction of sp³-hybridized carbons (Fsp3) is 0.250. The van der Waals surface area contributed by atoms with Crippen LogP contribution < -0.4 is 0 Å². The minimum Gasteiger partial charge on any atom is -0.117 e. The number of hydrogen-bond donors (Lipinski definition) is 0. The molecule has 0 bridgehead atoms. The van der Waals surface area contributed by atoms with E-state index in [2.05, 4.69) is 61.5 Å². The molecule has 2 atom stereocenters. The molecule has 86 valence electrons. The predicted molar refractivity (Wildman–Crippen MR) is 74.4 cm³/mol. The fourth-order valence-electron chi connectivity index (χ4n) is 2.53. The van der Waals surface area contributed by atoms with Crippen LogP contribution in [-0.2, 0) is 6.42 Å². The summed E-state index contributed by atoms with van der Waals surface area (Å²) in [7, 11) is 0. The molecule has 0 saturated carbocycles. The van der Waals surface area contributed by atoms with Crippen LogP contribution in [0.3, 0.4) is 0 Å². The van der Waals surface area contributed by atoms with Gasteiger partial charge in [-0.3, -0.25) is 0 Å². The van der Waals surface area contributed by atoms with Gasteiger partial charge in [-0.15, -0.1) is 11.8 Å². The van der Waals surface area contributed by atoms with Crippen LogP contribution in [0.2, 0.25) is 0 Å². The van der Waals surface area contributed by atoms with E-state index in [9.17, 15) is 0 Å². The zero-order valence-corrected chi connectivity index (χ0v) is 10.8. The van der Waals surface area contributed by atoms with Gasteiger partial charge in [-0.05, 0) is 29.5 Å². The van der Waals surface area contributed by atoms with Crippen molar-refractivity contribution >= 4 is 11.8 Å². The van der Waals surface area contributed by atoms with Crippen molar-refractivity contribution in [2.24, 2.45) is 5.92 Å². The molecule has 1 heteroatoms. The van der Waals surface area contributed by atoms with Crippen LogP contribution in [-0.4, -0.2) is 0 Å². The molecule has 0 radical (unpaired) electrons. The predicted octanol–water partition coefficient (Wildman–Crippen LogP) is 4.71.